The van der Waals surface area contributed by atoms with Crippen LogP contribution in [-0.4, -0.2) is 55.3 Å². The quantitative estimate of drug-likeness (QED) is 0.114. The number of anilines is 2. The number of nitroso groups, excluding NO2 is 1. The van der Waals surface area contributed by atoms with Crippen molar-refractivity contribution in [3.05, 3.63) is 112 Å². The van der Waals surface area contributed by atoms with Gasteiger partial charge in [0.2, 0.25) is 15.9 Å². The second-order valence-corrected chi connectivity index (χ2v) is 13.1. The third kappa shape index (κ3) is 8.62. The van der Waals surface area contributed by atoms with Crippen LogP contribution in [-0.2, 0) is 21.4 Å². The summed E-state index contributed by atoms with van der Waals surface area (Å²) in [5.74, 6) is 0.297. The average molecular weight is 689 g/mol. The number of sulfonamides is 1. The Bertz CT molecular complexity index is 2010. The molecule has 0 spiro atoms. The molecule has 0 atom stereocenters. The minimum Gasteiger partial charge on any atom is -0.497 e. The number of carbonyl (C=O) groups is 1. The first-order chi connectivity index (χ1) is 23.2. The van der Waals surface area contributed by atoms with Crippen LogP contribution in [0.25, 0.3) is 10.9 Å². The van der Waals surface area contributed by atoms with Crippen LogP contribution in [0.5, 0.6) is 11.5 Å². The van der Waals surface area contributed by atoms with Gasteiger partial charge in [0, 0.05) is 66.3 Å². The van der Waals surface area contributed by atoms with Gasteiger partial charge in [0.15, 0.2) is 0 Å². The number of halogens is 1. The van der Waals surface area contributed by atoms with Crippen molar-refractivity contribution in [1.82, 2.24) is 14.3 Å². The molecule has 2 aromatic heterocycles. The third-order valence-corrected chi connectivity index (χ3v) is 9.50. The number of fused-ring (bicyclic) bond motifs is 1. The van der Waals surface area contributed by atoms with Crippen molar-refractivity contribution in [1.29, 1.82) is 0 Å². The maximum atomic E-state index is 13.8. The number of rotatable bonds is 15. The van der Waals surface area contributed by atoms with E-state index < -0.39 is 15.9 Å². The summed E-state index contributed by atoms with van der Waals surface area (Å²) in [6.45, 7) is 2.19. The lowest BCUT2D eigenvalue weighted by atomic mass is 10.1. The molecule has 0 fully saturated rings. The van der Waals surface area contributed by atoms with E-state index in [1.807, 2.05) is 19.1 Å². The van der Waals surface area contributed by atoms with Crippen molar-refractivity contribution in [3.63, 3.8) is 0 Å². The van der Waals surface area contributed by atoms with Crippen molar-refractivity contribution >= 4 is 55.5 Å². The van der Waals surface area contributed by atoms with E-state index in [1.54, 1.807) is 48.8 Å². The highest BCUT2D eigenvalue weighted by atomic mass is 35.5. The van der Waals surface area contributed by atoms with Crippen molar-refractivity contribution in [3.8, 4) is 11.5 Å². The molecule has 3 aromatic carbocycles. The molecule has 0 unspecified atom stereocenters. The molecule has 12 nitrogen and oxygen atoms in total. The average Bonchev–Trinajstić information content (AvgIpc) is 3.09. The summed E-state index contributed by atoms with van der Waals surface area (Å²) in [5, 5.41) is 10.4. The van der Waals surface area contributed by atoms with Gasteiger partial charge in [-0.3, -0.25) is 14.8 Å². The van der Waals surface area contributed by atoms with Gasteiger partial charge in [0.05, 0.1) is 23.2 Å². The van der Waals surface area contributed by atoms with Crippen molar-refractivity contribution in [2.45, 2.75) is 24.8 Å². The Morgan fingerprint density at radius 1 is 0.958 bits per heavy atom. The number of methoxy groups -OCH3 is 1. The molecule has 0 aliphatic heterocycles. The fourth-order valence-corrected chi connectivity index (χ4v) is 6.52. The third-order valence-electron chi connectivity index (χ3n) is 7.35. The summed E-state index contributed by atoms with van der Waals surface area (Å²) in [6, 6.07) is 21.3. The van der Waals surface area contributed by atoms with E-state index in [0.29, 0.717) is 16.5 Å². The Morgan fingerprint density at radius 3 is 2.46 bits per heavy atom. The van der Waals surface area contributed by atoms with E-state index in [9.17, 15) is 18.1 Å². The molecule has 2 N–H and O–H groups in total. The Labute approximate surface area is 283 Å². The lowest BCUT2D eigenvalue weighted by molar-refractivity contribution is -0.116. The molecular weight excluding hydrogens is 656 g/mol. The van der Waals surface area contributed by atoms with Gasteiger partial charge in [-0.05, 0) is 90.5 Å². The van der Waals surface area contributed by atoms with Gasteiger partial charge in [-0.25, -0.2) is 8.42 Å². The monoisotopic (exact) mass is 688 g/mol. The number of hydrogen-bond donors (Lipinski definition) is 2. The number of pyridine rings is 2. The number of nitrogens with zero attached hydrogens (tertiary/aromatic N) is 4. The summed E-state index contributed by atoms with van der Waals surface area (Å²) in [7, 11) is -2.52. The van der Waals surface area contributed by atoms with Crippen molar-refractivity contribution < 1.29 is 22.7 Å². The first-order valence-electron chi connectivity index (χ1n) is 14.9. The van der Waals surface area contributed by atoms with Gasteiger partial charge in [0.1, 0.15) is 23.8 Å². The molecule has 0 aliphatic carbocycles. The molecule has 0 bridgehead atoms. The molecule has 5 rings (SSSR count). The van der Waals surface area contributed by atoms with Gasteiger partial charge in [-0.15, -0.1) is 4.91 Å². The van der Waals surface area contributed by atoms with Crippen molar-refractivity contribution in [2.24, 2.45) is 5.18 Å². The molecule has 0 aliphatic rings. The highest BCUT2D eigenvalue weighted by Gasteiger charge is 2.25. The fourth-order valence-electron chi connectivity index (χ4n) is 4.91. The first-order valence-corrected chi connectivity index (χ1v) is 16.7. The zero-order chi connectivity index (χ0) is 34.1. The summed E-state index contributed by atoms with van der Waals surface area (Å²) < 4.78 is 40.0. The van der Waals surface area contributed by atoms with Crippen molar-refractivity contribution in [2.75, 3.05) is 37.4 Å². The Balaban J connectivity index is 1.32. The van der Waals surface area contributed by atoms with Gasteiger partial charge in [0.25, 0.3) is 0 Å². The summed E-state index contributed by atoms with van der Waals surface area (Å²) in [4.78, 5) is 33.0. The van der Waals surface area contributed by atoms with E-state index in [0.717, 1.165) is 27.8 Å². The molecule has 1 amide bonds. The minimum absolute atomic E-state index is 0.0467. The fraction of sp³-hybridized carbons (Fsp3) is 0.206. The van der Waals surface area contributed by atoms with Crippen LogP contribution in [0.2, 0.25) is 5.02 Å². The zero-order valence-electron chi connectivity index (χ0n) is 26.2. The number of ether oxygens (including phenoxy) is 2. The van der Waals surface area contributed by atoms with E-state index in [-0.39, 0.29) is 49.0 Å². The van der Waals surface area contributed by atoms with Crippen LogP contribution in [0.4, 0.5) is 17.1 Å². The van der Waals surface area contributed by atoms with Gasteiger partial charge >= 0.3 is 0 Å². The molecule has 2 heterocycles. The highest BCUT2D eigenvalue weighted by molar-refractivity contribution is 7.89. The summed E-state index contributed by atoms with van der Waals surface area (Å²) in [6.07, 6.45) is 3.09. The molecule has 0 saturated carbocycles. The second-order valence-electron chi connectivity index (χ2n) is 10.7. The predicted molar refractivity (Wildman–Crippen MR) is 185 cm³/mol. The lowest BCUT2D eigenvalue weighted by Crippen LogP contribution is -2.37. The minimum atomic E-state index is -4.02. The van der Waals surface area contributed by atoms with Crippen LogP contribution >= 0.6 is 11.6 Å². The Morgan fingerprint density at radius 2 is 1.73 bits per heavy atom. The van der Waals surface area contributed by atoms with Gasteiger partial charge in [-0.1, -0.05) is 11.6 Å². The number of aryl methyl sites for hydroxylation is 1. The van der Waals surface area contributed by atoms with E-state index in [2.05, 4.69) is 25.8 Å². The van der Waals surface area contributed by atoms with Crippen LogP contribution < -0.4 is 20.1 Å². The molecule has 48 heavy (non-hydrogen) atoms. The lowest BCUT2D eigenvalue weighted by Gasteiger charge is -2.23. The molecular formula is C34H33ClN6O6S. The van der Waals surface area contributed by atoms with E-state index >= 15 is 0 Å². The largest absolute Gasteiger partial charge is 0.497 e. The Kier molecular flexibility index (Phi) is 11.2. The van der Waals surface area contributed by atoms with Crippen LogP contribution in [0.3, 0.4) is 0 Å². The number of hydrogen-bond acceptors (Lipinski definition) is 10. The Hall–Kier alpha value is -5.11. The maximum absolute atomic E-state index is 13.8. The van der Waals surface area contributed by atoms with Crippen LogP contribution in [0.15, 0.2) is 101 Å². The smallest absolute Gasteiger partial charge is 0.243 e. The summed E-state index contributed by atoms with van der Waals surface area (Å²) >= 11 is 6.24. The summed E-state index contributed by atoms with van der Waals surface area (Å²) in [5.41, 5.74) is 3.56. The number of amides is 1. The van der Waals surface area contributed by atoms with E-state index in [4.69, 9.17) is 21.1 Å². The number of benzene rings is 3. The standard InChI is InChI=1S/C34H33ClN6O6S/c1-23-19-32(29-20-25(35)3-9-30(29)38-23)37-16-18-41(48(44,45)28-7-5-27(46-2)6-8-28)17-13-34(42)39-31-10-4-26(40-43)21-33(31)47-22-24-11-14-36-15-12-24/h3-12,14-15,19-21H,13,16-18,22H2,1-2H3,(H,37,38)(H,39,42). The number of nitrogens with one attached hydrogen (secondary N) is 2. The van der Waals surface area contributed by atoms with Crippen LogP contribution in [0.1, 0.15) is 17.7 Å². The zero-order valence-corrected chi connectivity index (χ0v) is 27.8. The molecule has 0 radical (unpaired) electrons. The number of carbonyl (C=O) groups excluding carboxylic acids is 1. The van der Waals surface area contributed by atoms with Gasteiger partial charge in [-0.2, -0.15) is 4.31 Å². The van der Waals surface area contributed by atoms with E-state index in [1.165, 1.54) is 41.7 Å². The second kappa shape index (κ2) is 15.7. The SMILES string of the molecule is COc1ccc(S(=O)(=O)N(CCNc2cc(C)nc3ccc(Cl)cc23)CCC(=O)Nc2ccc(N=O)cc2OCc2ccncc2)cc1. The molecule has 248 valence electrons. The molecule has 5 aromatic rings. The predicted octanol–water partition coefficient (Wildman–Crippen LogP) is 6.71. The van der Waals surface area contributed by atoms with Crippen LogP contribution in [0, 0.1) is 11.8 Å². The van der Waals surface area contributed by atoms with Gasteiger partial charge < -0.3 is 20.1 Å². The first kappa shape index (κ1) is 34.2. The normalized spacial score (nSPS) is 11.3. The number of aromatic nitrogens is 2. The maximum Gasteiger partial charge on any atom is 0.243 e. The topological polar surface area (TPSA) is 152 Å². The molecule has 14 heteroatoms. The highest BCUT2D eigenvalue weighted by Crippen LogP contribution is 2.31. The molecule has 0 saturated heterocycles.